The first-order valence-electron chi connectivity index (χ1n) is 12.6. The van der Waals surface area contributed by atoms with Crippen LogP contribution in [0.4, 0.5) is 13.2 Å². The minimum absolute atomic E-state index is 0.161. The largest absolute Gasteiger partial charge is 0.493 e. The molecule has 0 saturated carbocycles. The van der Waals surface area contributed by atoms with Crippen LogP contribution in [0.15, 0.2) is 36.4 Å². The number of likely N-dealkylation sites (N-methyl/N-ethyl adjacent to an activating group) is 1. The molecule has 2 bridgehead atoms. The molecule has 188 valence electrons. The molecule has 3 heterocycles. The Balaban J connectivity index is 1.42. The third-order valence-electron chi connectivity index (χ3n) is 9.16. The Morgan fingerprint density at radius 2 is 1.92 bits per heavy atom. The summed E-state index contributed by atoms with van der Waals surface area (Å²) in [5.74, 6) is 1.99. The summed E-state index contributed by atoms with van der Waals surface area (Å²) in [7, 11) is 3.90. The number of aromatic nitrogens is 2. The van der Waals surface area contributed by atoms with Gasteiger partial charge >= 0.3 is 6.18 Å². The summed E-state index contributed by atoms with van der Waals surface area (Å²) in [5, 5.41) is 5.07. The second kappa shape index (κ2) is 7.28. The minimum Gasteiger partial charge on any atom is -0.493 e. The molecule has 36 heavy (non-hydrogen) atoms. The van der Waals surface area contributed by atoms with Gasteiger partial charge in [-0.1, -0.05) is 13.0 Å². The molecular weight excluding hydrogens is 467 g/mol. The topological polar surface area (TPSA) is 39.5 Å². The molecule has 4 atom stereocenters. The van der Waals surface area contributed by atoms with E-state index in [2.05, 4.69) is 24.9 Å². The Morgan fingerprint density at radius 1 is 1.14 bits per heavy atom. The number of hydrogen-bond donors (Lipinski definition) is 0. The van der Waals surface area contributed by atoms with Crippen molar-refractivity contribution >= 4 is 0 Å². The summed E-state index contributed by atoms with van der Waals surface area (Å²) < 4.78 is 53.9. The van der Waals surface area contributed by atoms with Crippen molar-refractivity contribution in [1.82, 2.24) is 14.7 Å². The number of likely N-dealkylation sites (tertiary alicyclic amines) is 1. The Kier molecular flexibility index (Phi) is 4.49. The maximum absolute atomic E-state index is 13.2. The first kappa shape index (κ1) is 22.2. The van der Waals surface area contributed by atoms with Gasteiger partial charge in [0, 0.05) is 28.3 Å². The summed E-state index contributed by atoms with van der Waals surface area (Å²) in [4.78, 5) is 2.50. The van der Waals surface area contributed by atoms with Crippen molar-refractivity contribution in [2.45, 2.75) is 56.3 Å². The molecule has 1 aromatic heterocycles. The van der Waals surface area contributed by atoms with Gasteiger partial charge in [0.15, 0.2) is 17.6 Å². The van der Waals surface area contributed by atoms with Gasteiger partial charge in [-0.2, -0.15) is 18.3 Å². The second-order valence-corrected chi connectivity index (χ2v) is 10.6. The molecule has 1 fully saturated rings. The lowest BCUT2D eigenvalue weighted by molar-refractivity contribution is -0.137. The van der Waals surface area contributed by atoms with Crippen LogP contribution in [0.1, 0.15) is 53.1 Å². The lowest BCUT2D eigenvalue weighted by Crippen LogP contribution is -2.62. The van der Waals surface area contributed by atoms with E-state index in [9.17, 15) is 13.2 Å². The van der Waals surface area contributed by atoms with Crippen molar-refractivity contribution < 1.29 is 22.6 Å². The predicted octanol–water partition coefficient (Wildman–Crippen LogP) is 5.27. The molecule has 8 heteroatoms. The van der Waals surface area contributed by atoms with Crippen molar-refractivity contribution in [3.63, 3.8) is 0 Å². The highest BCUT2D eigenvalue weighted by Gasteiger charge is 2.65. The molecular formula is C28H28F3N3O2. The summed E-state index contributed by atoms with van der Waals surface area (Å²) in [6, 6.07) is 9.92. The average Bonchev–Trinajstić information content (AvgIpc) is 3.40. The highest BCUT2D eigenvalue weighted by Crippen LogP contribution is 2.67. The summed E-state index contributed by atoms with van der Waals surface area (Å²) in [6.45, 7) is 3.08. The van der Waals surface area contributed by atoms with Gasteiger partial charge in [0.05, 0.1) is 18.4 Å². The molecule has 0 radical (unpaired) electrons. The van der Waals surface area contributed by atoms with Crippen molar-refractivity contribution in [3.8, 4) is 17.2 Å². The minimum atomic E-state index is -4.37. The number of hydrogen-bond acceptors (Lipinski definition) is 4. The molecule has 2 aliphatic heterocycles. The van der Waals surface area contributed by atoms with Crippen molar-refractivity contribution in [1.29, 1.82) is 0 Å². The standard InChI is InChI=1S/C28H28F3N3O2/c1-4-20-18-14-19-21-13-15-5-10-22(35-3)25-23(15)27(19,11-12-33(21)2)26(36-25)24(18)32-34(20)17-8-6-16(7-9-17)28(29,30)31/h5-10,19,21,26H,4,11-14H2,1-3H3/t19-,21+,26-,27-/m0/s1. The Hall–Kier alpha value is -3.00. The molecule has 5 nitrogen and oxygen atoms in total. The van der Waals surface area contributed by atoms with E-state index in [1.807, 2.05) is 10.7 Å². The molecule has 4 aliphatic rings. The van der Waals surface area contributed by atoms with Crippen LogP contribution in [-0.2, 0) is 30.9 Å². The van der Waals surface area contributed by atoms with Crippen molar-refractivity contribution in [2.24, 2.45) is 5.92 Å². The molecule has 0 N–H and O–H groups in total. The second-order valence-electron chi connectivity index (χ2n) is 10.6. The van der Waals surface area contributed by atoms with E-state index < -0.39 is 11.7 Å². The van der Waals surface area contributed by atoms with E-state index in [0.717, 1.165) is 67.2 Å². The average molecular weight is 496 g/mol. The summed E-state index contributed by atoms with van der Waals surface area (Å²) in [6.07, 6.45) is -1.00. The van der Waals surface area contributed by atoms with Gasteiger partial charge in [-0.25, -0.2) is 4.68 Å². The first-order chi connectivity index (χ1) is 17.3. The smallest absolute Gasteiger partial charge is 0.416 e. The van der Waals surface area contributed by atoms with Crippen LogP contribution in [0.3, 0.4) is 0 Å². The predicted molar refractivity (Wildman–Crippen MR) is 128 cm³/mol. The van der Waals surface area contributed by atoms with Gasteiger partial charge in [0.2, 0.25) is 0 Å². The van der Waals surface area contributed by atoms with Crippen LogP contribution in [0.5, 0.6) is 11.5 Å². The number of alkyl halides is 3. The lowest BCUT2D eigenvalue weighted by atomic mass is 9.51. The fourth-order valence-electron chi connectivity index (χ4n) is 7.58. The van der Waals surface area contributed by atoms with Crippen LogP contribution in [0.2, 0.25) is 0 Å². The quantitative estimate of drug-likeness (QED) is 0.497. The van der Waals surface area contributed by atoms with Crippen molar-refractivity contribution in [2.75, 3.05) is 20.7 Å². The van der Waals surface area contributed by atoms with E-state index in [1.165, 1.54) is 28.8 Å². The number of ether oxygens (including phenoxy) is 2. The molecule has 3 aromatic rings. The van der Waals surface area contributed by atoms with Crippen LogP contribution < -0.4 is 9.47 Å². The molecule has 1 spiro atoms. The van der Waals surface area contributed by atoms with Crippen LogP contribution in [0, 0.1) is 5.92 Å². The summed E-state index contributed by atoms with van der Waals surface area (Å²) in [5.41, 5.74) is 5.64. The Bertz CT molecular complexity index is 1380. The van der Waals surface area contributed by atoms with Gasteiger partial charge in [-0.3, -0.25) is 0 Å². The normalized spacial score (nSPS) is 27.9. The lowest BCUT2D eigenvalue weighted by Gasteiger charge is -2.57. The van der Waals surface area contributed by atoms with E-state index in [4.69, 9.17) is 14.6 Å². The third kappa shape index (κ3) is 2.68. The van der Waals surface area contributed by atoms with E-state index in [0.29, 0.717) is 17.6 Å². The molecule has 2 aromatic carbocycles. The number of methoxy groups -OCH3 is 1. The number of fused-ring (bicyclic) bond motifs is 2. The van der Waals surface area contributed by atoms with Gasteiger partial charge in [0.25, 0.3) is 0 Å². The van der Waals surface area contributed by atoms with E-state index in [1.54, 1.807) is 7.11 Å². The van der Waals surface area contributed by atoms with Gasteiger partial charge < -0.3 is 14.4 Å². The highest BCUT2D eigenvalue weighted by atomic mass is 19.4. The first-order valence-corrected chi connectivity index (χ1v) is 12.6. The zero-order valence-electron chi connectivity index (χ0n) is 20.5. The zero-order chi connectivity index (χ0) is 25.0. The summed E-state index contributed by atoms with van der Waals surface area (Å²) >= 11 is 0. The molecule has 1 saturated heterocycles. The fraction of sp³-hybridized carbons (Fsp3) is 0.464. The molecule has 7 rings (SSSR count). The van der Waals surface area contributed by atoms with Crippen LogP contribution in [-0.4, -0.2) is 41.4 Å². The van der Waals surface area contributed by atoms with Gasteiger partial charge in [-0.15, -0.1) is 0 Å². The van der Waals surface area contributed by atoms with Crippen LogP contribution >= 0.6 is 0 Å². The van der Waals surface area contributed by atoms with E-state index >= 15 is 0 Å². The Morgan fingerprint density at radius 3 is 2.61 bits per heavy atom. The molecule has 0 amide bonds. The van der Waals surface area contributed by atoms with Gasteiger partial charge in [0.1, 0.15) is 5.69 Å². The number of piperidine rings is 1. The number of benzene rings is 2. The zero-order valence-corrected chi connectivity index (χ0v) is 20.5. The molecule has 2 aliphatic carbocycles. The van der Waals surface area contributed by atoms with Gasteiger partial charge in [-0.05, 0) is 81.1 Å². The van der Waals surface area contributed by atoms with Crippen LogP contribution in [0.25, 0.3) is 5.69 Å². The maximum atomic E-state index is 13.2. The third-order valence-corrected chi connectivity index (χ3v) is 9.16. The SMILES string of the molecule is CCc1c2c(nn1-c1ccc(C(F)(F)F)cc1)[C@@H]1Oc3c(OC)ccc4c3[C@@]13CCN(C)[C@H](C4)[C@@H]3C2. The monoisotopic (exact) mass is 495 g/mol. The Labute approximate surface area is 207 Å². The number of nitrogens with zero attached hydrogens (tertiary/aromatic N) is 3. The van der Waals surface area contributed by atoms with Crippen molar-refractivity contribution in [3.05, 3.63) is 70.0 Å². The maximum Gasteiger partial charge on any atom is 0.416 e. The number of halogens is 3. The fourth-order valence-corrected chi connectivity index (χ4v) is 7.58. The van der Waals surface area contributed by atoms with E-state index in [-0.39, 0.29) is 11.5 Å². The molecule has 0 unspecified atom stereocenters. The highest BCUT2D eigenvalue weighted by molar-refractivity contribution is 5.63. The number of rotatable bonds is 3.